The SMILES string of the molecule is CCNC(CN1CCOC2CCCCC21)C(C)C. The molecule has 3 heteroatoms. The number of hydrogen-bond donors (Lipinski definition) is 1. The Bertz CT molecular complexity index is 243. The molecule has 1 aliphatic carbocycles. The first-order chi connectivity index (χ1) is 8.72. The van der Waals surface area contributed by atoms with Crippen LogP contribution in [0.2, 0.25) is 0 Å². The van der Waals surface area contributed by atoms with E-state index < -0.39 is 0 Å². The molecule has 0 radical (unpaired) electrons. The fourth-order valence-corrected chi connectivity index (χ4v) is 3.43. The molecule has 0 amide bonds. The van der Waals surface area contributed by atoms with Gasteiger partial charge in [-0.1, -0.05) is 33.6 Å². The van der Waals surface area contributed by atoms with Crippen molar-refractivity contribution < 1.29 is 4.74 Å². The monoisotopic (exact) mass is 254 g/mol. The second-order valence-electron chi connectivity index (χ2n) is 6.16. The highest BCUT2D eigenvalue weighted by Gasteiger charge is 2.35. The highest BCUT2D eigenvalue weighted by molar-refractivity contribution is 4.89. The van der Waals surface area contributed by atoms with Gasteiger partial charge in [0.1, 0.15) is 0 Å². The molecule has 1 saturated heterocycles. The van der Waals surface area contributed by atoms with Crippen molar-refractivity contribution in [3.05, 3.63) is 0 Å². The number of nitrogens with one attached hydrogen (secondary N) is 1. The number of nitrogens with zero attached hydrogens (tertiary/aromatic N) is 1. The summed E-state index contributed by atoms with van der Waals surface area (Å²) in [6, 6.07) is 1.31. The minimum absolute atomic E-state index is 0.516. The molecule has 0 aromatic rings. The quantitative estimate of drug-likeness (QED) is 0.814. The van der Waals surface area contributed by atoms with E-state index >= 15 is 0 Å². The average Bonchev–Trinajstić information content (AvgIpc) is 2.38. The maximum Gasteiger partial charge on any atom is 0.0730 e. The van der Waals surface area contributed by atoms with Gasteiger partial charge in [0.25, 0.3) is 0 Å². The molecule has 0 aromatic heterocycles. The molecule has 1 N–H and O–H groups in total. The zero-order valence-corrected chi connectivity index (χ0v) is 12.3. The minimum Gasteiger partial charge on any atom is -0.375 e. The minimum atomic E-state index is 0.516. The number of morpholine rings is 1. The Labute approximate surface area is 112 Å². The third kappa shape index (κ3) is 3.46. The van der Waals surface area contributed by atoms with Crippen LogP contribution in [0.1, 0.15) is 46.5 Å². The summed E-state index contributed by atoms with van der Waals surface area (Å²) in [5.41, 5.74) is 0. The number of fused-ring (bicyclic) bond motifs is 1. The Kier molecular flexibility index (Phi) is 5.46. The standard InChI is InChI=1S/C15H30N2O/c1-4-16-13(12(2)3)11-17-9-10-18-15-8-6-5-7-14(15)17/h12-16H,4-11H2,1-3H3. The summed E-state index contributed by atoms with van der Waals surface area (Å²) in [5, 5.41) is 3.64. The molecule has 1 heterocycles. The third-order valence-electron chi connectivity index (χ3n) is 4.55. The van der Waals surface area contributed by atoms with E-state index in [9.17, 15) is 0 Å². The largest absolute Gasteiger partial charge is 0.375 e. The highest BCUT2D eigenvalue weighted by Crippen LogP contribution is 2.28. The second-order valence-corrected chi connectivity index (χ2v) is 6.16. The van der Waals surface area contributed by atoms with Crippen LogP contribution in [0, 0.1) is 5.92 Å². The van der Waals surface area contributed by atoms with Crippen molar-refractivity contribution in [1.82, 2.24) is 10.2 Å². The molecule has 3 atom stereocenters. The lowest BCUT2D eigenvalue weighted by atomic mass is 9.89. The lowest BCUT2D eigenvalue weighted by Gasteiger charge is -2.45. The van der Waals surface area contributed by atoms with E-state index in [1.807, 2.05) is 0 Å². The first-order valence-corrected chi connectivity index (χ1v) is 7.81. The van der Waals surface area contributed by atoms with Gasteiger partial charge in [0.2, 0.25) is 0 Å². The predicted molar refractivity (Wildman–Crippen MR) is 75.9 cm³/mol. The molecule has 2 rings (SSSR count). The van der Waals surface area contributed by atoms with Crippen LogP contribution in [0.3, 0.4) is 0 Å². The van der Waals surface area contributed by atoms with E-state index in [0.717, 1.165) is 19.7 Å². The molecule has 3 unspecified atom stereocenters. The summed E-state index contributed by atoms with van der Waals surface area (Å²) in [7, 11) is 0. The van der Waals surface area contributed by atoms with Crippen LogP contribution in [0.5, 0.6) is 0 Å². The van der Waals surface area contributed by atoms with Crippen LogP contribution in [0.15, 0.2) is 0 Å². The van der Waals surface area contributed by atoms with Gasteiger partial charge < -0.3 is 10.1 Å². The van der Waals surface area contributed by atoms with Crippen molar-refractivity contribution in [1.29, 1.82) is 0 Å². The molecule has 1 saturated carbocycles. The van der Waals surface area contributed by atoms with Crippen LogP contribution < -0.4 is 5.32 Å². The Morgan fingerprint density at radius 2 is 2.06 bits per heavy atom. The van der Waals surface area contributed by atoms with Crippen LogP contribution in [-0.4, -0.2) is 49.3 Å². The zero-order chi connectivity index (χ0) is 13.0. The van der Waals surface area contributed by atoms with E-state index in [1.165, 1.54) is 32.2 Å². The van der Waals surface area contributed by atoms with Crippen LogP contribution in [0.25, 0.3) is 0 Å². The summed E-state index contributed by atoms with van der Waals surface area (Å²) >= 11 is 0. The maximum absolute atomic E-state index is 5.95. The number of rotatable bonds is 5. The van der Waals surface area contributed by atoms with Crippen molar-refractivity contribution in [3.63, 3.8) is 0 Å². The molecular weight excluding hydrogens is 224 g/mol. The molecule has 106 valence electrons. The summed E-state index contributed by atoms with van der Waals surface area (Å²) in [4.78, 5) is 2.70. The number of likely N-dealkylation sites (N-methyl/N-ethyl adjacent to an activating group) is 1. The molecule has 0 bridgehead atoms. The Morgan fingerprint density at radius 3 is 2.78 bits per heavy atom. The fourth-order valence-electron chi connectivity index (χ4n) is 3.43. The smallest absolute Gasteiger partial charge is 0.0730 e. The first-order valence-electron chi connectivity index (χ1n) is 7.81. The number of ether oxygens (including phenoxy) is 1. The Balaban J connectivity index is 1.93. The van der Waals surface area contributed by atoms with Crippen molar-refractivity contribution in [2.75, 3.05) is 26.2 Å². The molecule has 0 spiro atoms. The topological polar surface area (TPSA) is 24.5 Å². The lowest BCUT2D eigenvalue weighted by Crippen LogP contribution is -2.56. The van der Waals surface area contributed by atoms with Crippen LogP contribution in [0.4, 0.5) is 0 Å². The van der Waals surface area contributed by atoms with E-state index in [0.29, 0.717) is 24.1 Å². The maximum atomic E-state index is 5.95. The molecule has 2 aliphatic rings. The molecule has 1 aliphatic heterocycles. The van der Waals surface area contributed by atoms with Gasteiger partial charge >= 0.3 is 0 Å². The highest BCUT2D eigenvalue weighted by atomic mass is 16.5. The van der Waals surface area contributed by atoms with E-state index in [2.05, 4.69) is 31.0 Å². The normalized spacial score (nSPS) is 31.3. The van der Waals surface area contributed by atoms with Crippen LogP contribution in [-0.2, 0) is 4.74 Å². The lowest BCUT2D eigenvalue weighted by molar-refractivity contribution is -0.0912. The Hall–Kier alpha value is -0.120. The van der Waals surface area contributed by atoms with Crippen molar-refractivity contribution in [2.24, 2.45) is 5.92 Å². The summed E-state index contributed by atoms with van der Waals surface area (Å²) < 4.78 is 5.95. The van der Waals surface area contributed by atoms with Crippen molar-refractivity contribution in [3.8, 4) is 0 Å². The summed E-state index contributed by atoms with van der Waals surface area (Å²) in [5.74, 6) is 0.704. The molecular formula is C15H30N2O. The van der Waals surface area contributed by atoms with E-state index in [4.69, 9.17) is 4.74 Å². The van der Waals surface area contributed by atoms with Gasteiger partial charge in [0.15, 0.2) is 0 Å². The van der Waals surface area contributed by atoms with Gasteiger partial charge in [-0.15, -0.1) is 0 Å². The van der Waals surface area contributed by atoms with E-state index in [1.54, 1.807) is 0 Å². The van der Waals surface area contributed by atoms with Gasteiger partial charge in [-0.2, -0.15) is 0 Å². The zero-order valence-electron chi connectivity index (χ0n) is 12.3. The van der Waals surface area contributed by atoms with Gasteiger partial charge in [0, 0.05) is 25.2 Å². The predicted octanol–water partition coefficient (Wildman–Crippen LogP) is 2.26. The second kappa shape index (κ2) is 6.88. The van der Waals surface area contributed by atoms with E-state index in [-0.39, 0.29) is 0 Å². The van der Waals surface area contributed by atoms with Crippen LogP contribution >= 0.6 is 0 Å². The number of hydrogen-bond acceptors (Lipinski definition) is 3. The fraction of sp³-hybridized carbons (Fsp3) is 1.00. The summed E-state index contributed by atoms with van der Waals surface area (Å²) in [6.07, 6.45) is 5.86. The van der Waals surface area contributed by atoms with Gasteiger partial charge in [0.05, 0.1) is 12.7 Å². The average molecular weight is 254 g/mol. The molecule has 18 heavy (non-hydrogen) atoms. The first kappa shape index (κ1) is 14.3. The molecule has 0 aromatic carbocycles. The Morgan fingerprint density at radius 1 is 1.28 bits per heavy atom. The van der Waals surface area contributed by atoms with Crippen molar-refractivity contribution >= 4 is 0 Å². The molecule has 3 nitrogen and oxygen atoms in total. The van der Waals surface area contributed by atoms with Crippen molar-refractivity contribution in [2.45, 2.75) is 64.6 Å². The van der Waals surface area contributed by atoms with Gasteiger partial charge in [-0.3, -0.25) is 4.90 Å². The van der Waals surface area contributed by atoms with Gasteiger partial charge in [-0.05, 0) is 25.3 Å². The third-order valence-corrected chi connectivity index (χ3v) is 4.55. The molecule has 2 fully saturated rings. The van der Waals surface area contributed by atoms with Gasteiger partial charge in [-0.25, -0.2) is 0 Å². The summed E-state index contributed by atoms with van der Waals surface area (Å²) in [6.45, 7) is 11.2.